The van der Waals surface area contributed by atoms with Crippen molar-refractivity contribution in [1.29, 1.82) is 0 Å². The van der Waals surface area contributed by atoms with Gasteiger partial charge in [0, 0.05) is 24.2 Å². The fraction of sp³-hybridized carbons (Fsp3) is 0.435. The standard InChI is InChI=1S/C23H27N3O4/c1-3-4-10-18-20(15-11-12-19(25-30)16(13-15)14-27)21(26(2)23(18)29)22(28)24-17-8-6-5-7-9-17/h3,11-14,17,21H,1,4-10H2,2H3,(H,24,28). The molecule has 7 nitrogen and oxygen atoms in total. The van der Waals surface area contributed by atoms with E-state index in [0.29, 0.717) is 35.8 Å². The van der Waals surface area contributed by atoms with Gasteiger partial charge in [-0.3, -0.25) is 14.4 Å². The third-order valence-electron chi connectivity index (χ3n) is 5.93. The van der Waals surface area contributed by atoms with Crippen LogP contribution in [0.4, 0.5) is 5.69 Å². The Bertz CT molecular complexity index is 900. The number of nitrogens with one attached hydrogen (secondary N) is 1. The minimum Gasteiger partial charge on any atom is -0.351 e. The molecule has 0 aromatic heterocycles. The highest BCUT2D eigenvalue weighted by atomic mass is 16.3. The summed E-state index contributed by atoms with van der Waals surface area (Å²) in [4.78, 5) is 50.1. The van der Waals surface area contributed by atoms with Gasteiger partial charge in [-0.2, -0.15) is 0 Å². The molecule has 0 saturated heterocycles. The molecule has 2 amide bonds. The molecule has 1 saturated carbocycles. The Balaban J connectivity index is 2.03. The van der Waals surface area contributed by atoms with Crippen molar-refractivity contribution >= 4 is 29.4 Å². The van der Waals surface area contributed by atoms with Crippen molar-refractivity contribution in [3.63, 3.8) is 0 Å². The summed E-state index contributed by atoms with van der Waals surface area (Å²) in [7, 11) is 1.62. The van der Waals surface area contributed by atoms with Crippen LogP contribution in [0.2, 0.25) is 0 Å². The SMILES string of the molecule is C=CCCC1=C(c2ccc(N=O)c(C=O)c2)C(C(=O)NC2CCCCC2)N(C)C1=O. The minimum atomic E-state index is -0.784. The van der Waals surface area contributed by atoms with Crippen molar-refractivity contribution in [1.82, 2.24) is 10.2 Å². The van der Waals surface area contributed by atoms with Crippen LogP contribution in [-0.4, -0.2) is 42.1 Å². The van der Waals surface area contributed by atoms with Crippen LogP contribution >= 0.6 is 0 Å². The minimum absolute atomic E-state index is 0.0304. The average Bonchev–Trinajstić information content (AvgIpc) is 3.02. The molecule has 0 spiro atoms. The zero-order valence-corrected chi connectivity index (χ0v) is 17.2. The van der Waals surface area contributed by atoms with E-state index >= 15 is 0 Å². The Morgan fingerprint density at radius 3 is 2.67 bits per heavy atom. The summed E-state index contributed by atoms with van der Waals surface area (Å²) in [5.41, 5.74) is 1.85. The molecule has 1 heterocycles. The molecule has 1 aliphatic heterocycles. The molecule has 1 aromatic carbocycles. The number of benzene rings is 1. The number of hydrogen-bond donors (Lipinski definition) is 1. The molecule has 1 unspecified atom stereocenters. The van der Waals surface area contributed by atoms with Crippen molar-refractivity contribution in [2.24, 2.45) is 5.18 Å². The van der Waals surface area contributed by atoms with Crippen LogP contribution in [0.5, 0.6) is 0 Å². The van der Waals surface area contributed by atoms with E-state index in [-0.39, 0.29) is 29.1 Å². The Morgan fingerprint density at radius 2 is 2.03 bits per heavy atom. The van der Waals surface area contributed by atoms with Gasteiger partial charge in [-0.25, -0.2) is 0 Å². The predicted octanol–water partition coefficient (Wildman–Crippen LogP) is 3.91. The van der Waals surface area contributed by atoms with Gasteiger partial charge in [-0.05, 0) is 54.1 Å². The molecule has 2 aliphatic rings. The zero-order valence-electron chi connectivity index (χ0n) is 17.2. The maximum atomic E-state index is 13.3. The van der Waals surface area contributed by atoms with Crippen LogP contribution in [0, 0.1) is 4.91 Å². The fourth-order valence-electron chi connectivity index (χ4n) is 4.36. The van der Waals surface area contributed by atoms with Gasteiger partial charge in [0.1, 0.15) is 11.7 Å². The van der Waals surface area contributed by atoms with Crippen molar-refractivity contribution in [2.45, 2.75) is 57.0 Å². The second kappa shape index (κ2) is 9.61. The molecule has 1 fully saturated rings. The molecule has 30 heavy (non-hydrogen) atoms. The first-order valence-electron chi connectivity index (χ1n) is 10.4. The van der Waals surface area contributed by atoms with Gasteiger partial charge in [-0.15, -0.1) is 11.5 Å². The van der Waals surface area contributed by atoms with Gasteiger partial charge < -0.3 is 10.2 Å². The Morgan fingerprint density at radius 1 is 1.30 bits per heavy atom. The molecule has 158 valence electrons. The van der Waals surface area contributed by atoms with Crippen LogP contribution in [0.25, 0.3) is 5.57 Å². The molecule has 1 aromatic rings. The van der Waals surface area contributed by atoms with Crippen molar-refractivity contribution < 1.29 is 14.4 Å². The molecular weight excluding hydrogens is 382 g/mol. The van der Waals surface area contributed by atoms with Crippen LogP contribution < -0.4 is 5.32 Å². The van der Waals surface area contributed by atoms with E-state index in [2.05, 4.69) is 17.1 Å². The maximum absolute atomic E-state index is 13.3. The largest absolute Gasteiger partial charge is 0.351 e. The maximum Gasteiger partial charge on any atom is 0.250 e. The highest BCUT2D eigenvalue weighted by molar-refractivity contribution is 6.14. The highest BCUT2D eigenvalue weighted by Gasteiger charge is 2.42. The lowest BCUT2D eigenvalue weighted by Gasteiger charge is -2.28. The lowest BCUT2D eigenvalue weighted by atomic mass is 9.91. The highest BCUT2D eigenvalue weighted by Crippen LogP contribution is 2.37. The fourth-order valence-corrected chi connectivity index (χ4v) is 4.36. The van der Waals surface area contributed by atoms with Crippen LogP contribution in [-0.2, 0) is 9.59 Å². The number of allylic oxidation sites excluding steroid dienone is 1. The second-order valence-corrected chi connectivity index (χ2v) is 7.86. The number of hydrogen-bond acceptors (Lipinski definition) is 5. The van der Waals surface area contributed by atoms with Gasteiger partial charge >= 0.3 is 0 Å². The molecule has 1 N–H and O–H groups in total. The molecule has 1 atom stereocenters. The quantitative estimate of drug-likeness (QED) is 0.400. The number of amides is 2. The van der Waals surface area contributed by atoms with E-state index in [9.17, 15) is 19.3 Å². The zero-order chi connectivity index (χ0) is 21.7. The van der Waals surface area contributed by atoms with E-state index in [1.807, 2.05) is 0 Å². The number of rotatable bonds is 8. The molecule has 7 heteroatoms. The van der Waals surface area contributed by atoms with Gasteiger partial charge in [-0.1, -0.05) is 31.4 Å². The second-order valence-electron chi connectivity index (χ2n) is 7.86. The Hall–Kier alpha value is -3.09. The molecular formula is C23H27N3O4. The van der Waals surface area contributed by atoms with E-state index in [1.165, 1.54) is 23.5 Å². The third-order valence-corrected chi connectivity index (χ3v) is 5.93. The van der Waals surface area contributed by atoms with Crippen LogP contribution in [0.3, 0.4) is 0 Å². The lowest BCUT2D eigenvalue weighted by Crippen LogP contribution is -2.48. The summed E-state index contributed by atoms with van der Waals surface area (Å²) in [6.45, 7) is 3.72. The van der Waals surface area contributed by atoms with Crippen molar-refractivity contribution in [2.75, 3.05) is 7.05 Å². The molecule has 1 aliphatic carbocycles. The summed E-state index contributed by atoms with van der Waals surface area (Å²) in [5, 5.41) is 5.99. The number of carbonyl (C=O) groups is 3. The van der Waals surface area contributed by atoms with Crippen molar-refractivity contribution in [3.05, 3.63) is 52.5 Å². The van der Waals surface area contributed by atoms with E-state index < -0.39 is 6.04 Å². The van der Waals surface area contributed by atoms with E-state index in [4.69, 9.17) is 0 Å². The first-order chi connectivity index (χ1) is 14.5. The number of nitrogens with zero attached hydrogens (tertiary/aromatic N) is 2. The number of carbonyl (C=O) groups excluding carboxylic acids is 3. The van der Waals surface area contributed by atoms with E-state index in [0.717, 1.165) is 25.7 Å². The monoisotopic (exact) mass is 409 g/mol. The summed E-state index contributed by atoms with van der Waals surface area (Å²) in [6, 6.07) is 3.94. The Kier molecular flexibility index (Phi) is 6.92. The van der Waals surface area contributed by atoms with Gasteiger partial charge in [0.05, 0.1) is 0 Å². The molecule has 0 bridgehead atoms. The smallest absolute Gasteiger partial charge is 0.250 e. The normalized spacial score (nSPS) is 19.7. The average molecular weight is 409 g/mol. The summed E-state index contributed by atoms with van der Waals surface area (Å²) in [5.74, 6) is -0.424. The molecule has 0 radical (unpaired) electrons. The third kappa shape index (κ3) is 4.25. The summed E-state index contributed by atoms with van der Waals surface area (Å²) in [6.07, 6.45) is 8.53. The topological polar surface area (TPSA) is 95.9 Å². The Labute approximate surface area is 176 Å². The first-order valence-corrected chi connectivity index (χ1v) is 10.4. The number of likely N-dealkylation sites (N-methyl/N-ethyl adjacent to an activating group) is 1. The summed E-state index contributed by atoms with van der Waals surface area (Å²) < 4.78 is 0. The molecule has 3 rings (SSSR count). The van der Waals surface area contributed by atoms with Gasteiger partial charge in [0.25, 0.3) is 5.91 Å². The first kappa shape index (κ1) is 21.6. The predicted molar refractivity (Wildman–Crippen MR) is 115 cm³/mol. The van der Waals surface area contributed by atoms with Crippen LogP contribution in [0.15, 0.2) is 41.6 Å². The van der Waals surface area contributed by atoms with E-state index in [1.54, 1.807) is 19.2 Å². The number of nitroso groups, excluding NO2 is 1. The van der Waals surface area contributed by atoms with Crippen LogP contribution in [0.1, 0.15) is 60.9 Å². The van der Waals surface area contributed by atoms with Crippen molar-refractivity contribution in [3.8, 4) is 0 Å². The van der Waals surface area contributed by atoms with Gasteiger partial charge in [0.2, 0.25) is 5.91 Å². The number of aldehydes is 1. The van der Waals surface area contributed by atoms with Gasteiger partial charge in [0.15, 0.2) is 6.29 Å². The lowest BCUT2D eigenvalue weighted by molar-refractivity contribution is -0.133. The summed E-state index contributed by atoms with van der Waals surface area (Å²) >= 11 is 0.